The molecule has 0 aliphatic carbocycles. The van der Waals surface area contributed by atoms with Crippen molar-refractivity contribution in [3.8, 4) is 0 Å². The molecular formula is C11H11FO4S. The van der Waals surface area contributed by atoms with Crippen LogP contribution < -0.4 is 0 Å². The number of carbonyl (C=O) groups excluding carboxylic acids is 1. The van der Waals surface area contributed by atoms with Crippen molar-refractivity contribution in [1.29, 1.82) is 0 Å². The van der Waals surface area contributed by atoms with Crippen molar-refractivity contribution in [2.24, 2.45) is 0 Å². The maximum absolute atomic E-state index is 12.9. The minimum absolute atomic E-state index is 0.00281. The molecule has 0 N–H and O–H groups in total. The molecule has 0 saturated carbocycles. The predicted octanol–water partition coefficient (Wildman–Crippen LogP) is 1.92. The van der Waals surface area contributed by atoms with Gasteiger partial charge in [-0.3, -0.25) is 4.79 Å². The van der Waals surface area contributed by atoms with Gasteiger partial charge in [-0.25, -0.2) is 0 Å². The summed E-state index contributed by atoms with van der Waals surface area (Å²) in [7, 11) is -3.51. The highest BCUT2D eigenvalue weighted by Crippen LogP contribution is 2.19. The number of hydrogen-bond donors (Lipinski definition) is 0. The Morgan fingerprint density at radius 3 is 2.65 bits per heavy atom. The molecule has 4 nitrogen and oxygen atoms in total. The molecule has 1 aromatic rings. The first-order valence-corrected chi connectivity index (χ1v) is 6.10. The zero-order valence-corrected chi connectivity index (χ0v) is 9.91. The van der Waals surface area contributed by atoms with Gasteiger partial charge in [0.05, 0.1) is 13.5 Å². The smallest absolute Gasteiger partial charge is 0.332 e. The van der Waals surface area contributed by atoms with Crippen molar-refractivity contribution in [3.05, 3.63) is 35.9 Å². The summed E-state index contributed by atoms with van der Waals surface area (Å²) in [6, 6.07) is 5.60. The van der Waals surface area contributed by atoms with Gasteiger partial charge < -0.3 is 4.74 Å². The van der Waals surface area contributed by atoms with Crippen molar-refractivity contribution in [3.63, 3.8) is 0 Å². The van der Waals surface area contributed by atoms with Crippen LogP contribution in [0.25, 0.3) is 6.08 Å². The lowest BCUT2D eigenvalue weighted by Gasteiger charge is -2.00. The zero-order chi connectivity index (χ0) is 12.9. The third kappa shape index (κ3) is 3.99. The van der Waals surface area contributed by atoms with E-state index < -0.39 is 21.1 Å². The summed E-state index contributed by atoms with van der Waals surface area (Å²) < 4.78 is 38.9. The average molecular weight is 258 g/mol. The van der Waals surface area contributed by atoms with Crippen LogP contribution in [0.3, 0.4) is 0 Å². The fraction of sp³-hybridized carbons (Fsp3) is 0.182. The summed E-state index contributed by atoms with van der Waals surface area (Å²) >= 11 is 0. The van der Waals surface area contributed by atoms with Crippen molar-refractivity contribution < 1.29 is 21.8 Å². The Labute approximate surface area is 98.9 Å². The number of esters is 1. The number of rotatable bonds is 4. The SMILES string of the molecule is COC(=O)CC=Cc1ccccc1S(=O)(=O)F. The summed E-state index contributed by atoms with van der Waals surface area (Å²) in [5, 5.41) is 0. The van der Waals surface area contributed by atoms with Gasteiger partial charge in [0.2, 0.25) is 0 Å². The molecule has 6 heteroatoms. The third-order valence-electron chi connectivity index (χ3n) is 1.99. The number of halogens is 1. The van der Waals surface area contributed by atoms with E-state index in [4.69, 9.17) is 0 Å². The first-order chi connectivity index (χ1) is 7.95. The lowest BCUT2D eigenvalue weighted by molar-refractivity contribution is -0.139. The third-order valence-corrected chi connectivity index (χ3v) is 2.89. The Hall–Kier alpha value is -1.69. The summed E-state index contributed by atoms with van der Waals surface area (Å²) in [6.45, 7) is 0. The summed E-state index contributed by atoms with van der Waals surface area (Å²) in [5.41, 5.74) is 0.193. The van der Waals surface area contributed by atoms with Crippen LogP contribution in [0, 0.1) is 0 Å². The molecule has 92 valence electrons. The normalized spacial score (nSPS) is 11.6. The van der Waals surface area contributed by atoms with E-state index in [1.54, 1.807) is 6.07 Å². The largest absolute Gasteiger partial charge is 0.469 e. The molecule has 0 fully saturated rings. The van der Waals surface area contributed by atoms with Gasteiger partial charge in [-0.05, 0) is 11.6 Å². The minimum Gasteiger partial charge on any atom is -0.469 e. The minimum atomic E-state index is -4.76. The number of benzene rings is 1. The van der Waals surface area contributed by atoms with Crippen LogP contribution in [0.15, 0.2) is 35.2 Å². The number of carbonyl (C=O) groups is 1. The van der Waals surface area contributed by atoms with Crippen LogP contribution in [-0.4, -0.2) is 21.5 Å². The van der Waals surface area contributed by atoms with Gasteiger partial charge in [0.25, 0.3) is 0 Å². The van der Waals surface area contributed by atoms with E-state index in [0.717, 1.165) is 6.07 Å². The summed E-state index contributed by atoms with van der Waals surface area (Å²) in [4.78, 5) is 10.4. The monoisotopic (exact) mass is 258 g/mol. The Balaban J connectivity index is 2.96. The summed E-state index contributed by atoms with van der Waals surface area (Å²) in [6.07, 6.45) is 2.77. The second-order valence-corrected chi connectivity index (χ2v) is 4.47. The first-order valence-electron chi connectivity index (χ1n) is 4.72. The topological polar surface area (TPSA) is 60.4 Å². The van der Waals surface area contributed by atoms with Gasteiger partial charge >= 0.3 is 16.2 Å². The van der Waals surface area contributed by atoms with Gasteiger partial charge in [-0.2, -0.15) is 8.42 Å². The highest BCUT2D eigenvalue weighted by Gasteiger charge is 2.14. The molecule has 1 aromatic carbocycles. The van der Waals surface area contributed by atoms with Crippen LogP contribution in [0.4, 0.5) is 3.89 Å². The standard InChI is InChI=1S/C11H11FO4S/c1-16-11(13)8-4-6-9-5-2-3-7-10(9)17(12,14)15/h2-7H,8H2,1H3. The molecule has 0 unspecified atom stereocenters. The molecule has 17 heavy (non-hydrogen) atoms. The maximum Gasteiger partial charge on any atom is 0.332 e. The van der Waals surface area contributed by atoms with E-state index in [2.05, 4.69) is 4.74 Å². The lowest BCUT2D eigenvalue weighted by Crippen LogP contribution is -1.97. The van der Waals surface area contributed by atoms with Crippen molar-refractivity contribution in [1.82, 2.24) is 0 Å². The van der Waals surface area contributed by atoms with Crippen LogP contribution in [0.1, 0.15) is 12.0 Å². The van der Waals surface area contributed by atoms with Crippen LogP contribution >= 0.6 is 0 Å². The fourth-order valence-electron chi connectivity index (χ4n) is 1.21. The quantitative estimate of drug-likeness (QED) is 0.611. The molecule has 0 atom stereocenters. The predicted molar refractivity (Wildman–Crippen MR) is 60.4 cm³/mol. The molecule has 0 aliphatic rings. The van der Waals surface area contributed by atoms with Gasteiger partial charge in [-0.15, -0.1) is 3.89 Å². The van der Waals surface area contributed by atoms with E-state index in [1.807, 2.05) is 0 Å². The fourth-order valence-corrected chi connectivity index (χ4v) is 1.86. The molecule has 0 aromatic heterocycles. The lowest BCUT2D eigenvalue weighted by atomic mass is 10.2. The van der Waals surface area contributed by atoms with Crippen molar-refractivity contribution in [2.45, 2.75) is 11.3 Å². The van der Waals surface area contributed by atoms with E-state index >= 15 is 0 Å². The molecule has 0 saturated heterocycles. The molecule has 0 amide bonds. The Bertz CT molecular complexity index is 534. The Kier molecular flexibility index (Phi) is 4.39. The summed E-state index contributed by atoms with van der Waals surface area (Å²) in [5.74, 6) is -0.457. The van der Waals surface area contributed by atoms with Crippen molar-refractivity contribution >= 4 is 22.3 Å². The van der Waals surface area contributed by atoms with Crippen molar-refractivity contribution in [2.75, 3.05) is 7.11 Å². The second-order valence-electron chi connectivity index (χ2n) is 3.16. The van der Waals surface area contributed by atoms with Gasteiger partial charge in [-0.1, -0.05) is 30.4 Å². The maximum atomic E-state index is 12.9. The van der Waals surface area contributed by atoms with Gasteiger partial charge in [0, 0.05) is 0 Å². The van der Waals surface area contributed by atoms with Crippen LogP contribution in [-0.2, 0) is 19.8 Å². The van der Waals surface area contributed by atoms with Crippen LogP contribution in [0.2, 0.25) is 0 Å². The molecule has 0 heterocycles. The first kappa shape index (κ1) is 13.4. The van der Waals surface area contributed by atoms with E-state index in [0.29, 0.717) is 0 Å². The number of hydrogen-bond acceptors (Lipinski definition) is 4. The van der Waals surface area contributed by atoms with E-state index in [-0.39, 0.29) is 12.0 Å². The zero-order valence-electron chi connectivity index (χ0n) is 9.09. The van der Waals surface area contributed by atoms with Crippen LogP contribution in [0.5, 0.6) is 0 Å². The molecule has 0 radical (unpaired) electrons. The van der Waals surface area contributed by atoms with E-state index in [1.165, 1.54) is 31.4 Å². The highest BCUT2D eigenvalue weighted by atomic mass is 32.3. The Morgan fingerprint density at radius 2 is 2.06 bits per heavy atom. The second kappa shape index (κ2) is 5.58. The number of ether oxygens (including phenoxy) is 1. The molecule has 0 spiro atoms. The van der Waals surface area contributed by atoms with Gasteiger partial charge in [0.1, 0.15) is 4.90 Å². The highest BCUT2D eigenvalue weighted by molar-refractivity contribution is 7.86. The molecule has 0 aliphatic heterocycles. The molecular weight excluding hydrogens is 247 g/mol. The molecule has 1 rings (SSSR count). The van der Waals surface area contributed by atoms with E-state index in [9.17, 15) is 17.1 Å². The number of methoxy groups -OCH3 is 1. The van der Waals surface area contributed by atoms with Gasteiger partial charge in [0.15, 0.2) is 0 Å². The molecule has 0 bridgehead atoms. The Morgan fingerprint density at radius 1 is 1.41 bits per heavy atom. The average Bonchev–Trinajstić information content (AvgIpc) is 2.28.